The zero-order valence-corrected chi connectivity index (χ0v) is 12.9. The van der Waals surface area contributed by atoms with Crippen molar-refractivity contribution in [2.45, 2.75) is 6.54 Å². The molecule has 0 fully saturated rings. The van der Waals surface area contributed by atoms with Gasteiger partial charge in [0.05, 0.1) is 26.1 Å². The number of methoxy groups -OCH3 is 2. The van der Waals surface area contributed by atoms with Gasteiger partial charge in [0.15, 0.2) is 0 Å². The van der Waals surface area contributed by atoms with E-state index in [9.17, 15) is 0 Å². The van der Waals surface area contributed by atoms with Gasteiger partial charge in [-0.05, 0) is 30.3 Å². The van der Waals surface area contributed by atoms with Gasteiger partial charge in [-0.15, -0.1) is 0 Å². The van der Waals surface area contributed by atoms with Crippen LogP contribution in [-0.4, -0.2) is 33.3 Å². The molecule has 0 amide bonds. The molecule has 0 aliphatic rings. The van der Waals surface area contributed by atoms with E-state index < -0.39 is 0 Å². The van der Waals surface area contributed by atoms with Crippen molar-refractivity contribution >= 4 is 11.5 Å². The highest BCUT2D eigenvalue weighted by molar-refractivity contribution is 5.49. The van der Waals surface area contributed by atoms with Crippen LogP contribution in [0.2, 0.25) is 0 Å². The fourth-order valence-corrected chi connectivity index (χ4v) is 1.97. The predicted molar refractivity (Wildman–Crippen MR) is 85.4 cm³/mol. The number of rotatable bonds is 6. The molecule has 0 saturated heterocycles. The zero-order chi connectivity index (χ0) is 15.2. The zero-order valence-electron chi connectivity index (χ0n) is 12.9. The molecule has 0 unspecified atom stereocenters. The van der Waals surface area contributed by atoms with Crippen LogP contribution in [0.25, 0.3) is 0 Å². The lowest BCUT2D eigenvalue weighted by Gasteiger charge is -2.14. The van der Waals surface area contributed by atoms with Gasteiger partial charge in [-0.3, -0.25) is 0 Å². The molecule has 0 aliphatic heterocycles. The van der Waals surface area contributed by atoms with Gasteiger partial charge in [-0.25, -0.2) is 4.98 Å². The lowest BCUT2D eigenvalue weighted by atomic mass is 10.2. The highest BCUT2D eigenvalue weighted by Gasteiger charge is 2.05. The van der Waals surface area contributed by atoms with Crippen molar-refractivity contribution in [3.05, 3.63) is 42.1 Å². The number of nitrogens with zero attached hydrogens (tertiary/aromatic N) is 2. The van der Waals surface area contributed by atoms with Crippen LogP contribution in [0.15, 0.2) is 36.5 Å². The highest BCUT2D eigenvalue weighted by atomic mass is 16.5. The minimum atomic E-state index is 0.642. The summed E-state index contributed by atoms with van der Waals surface area (Å²) in [4.78, 5) is 6.34. The van der Waals surface area contributed by atoms with Gasteiger partial charge in [0.25, 0.3) is 0 Å². The molecule has 0 spiro atoms. The quantitative estimate of drug-likeness (QED) is 0.885. The van der Waals surface area contributed by atoms with Gasteiger partial charge in [0.1, 0.15) is 17.3 Å². The Kier molecular flexibility index (Phi) is 4.87. The second kappa shape index (κ2) is 6.83. The fraction of sp³-hybridized carbons (Fsp3) is 0.312. The number of hydrogen-bond acceptors (Lipinski definition) is 5. The largest absolute Gasteiger partial charge is 0.497 e. The number of benzene rings is 1. The van der Waals surface area contributed by atoms with E-state index in [2.05, 4.69) is 10.3 Å². The van der Waals surface area contributed by atoms with Crippen molar-refractivity contribution in [1.82, 2.24) is 4.98 Å². The summed E-state index contributed by atoms with van der Waals surface area (Å²) in [5.74, 6) is 2.58. The predicted octanol–water partition coefficient (Wildman–Crippen LogP) is 2.78. The van der Waals surface area contributed by atoms with E-state index >= 15 is 0 Å². The van der Waals surface area contributed by atoms with E-state index in [1.54, 1.807) is 14.2 Å². The Morgan fingerprint density at radius 2 is 1.90 bits per heavy atom. The normalized spacial score (nSPS) is 10.1. The number of nitrogens with one attached hydrogen (secondary N) is 1. The van der Waals surface area contributed by atoms with E-state index in [-0.39, 0.29) is 0 Å². The van der Waals surface area contributed by atoms with Crippen LogP contribution in [0.4, 0.5) is 11.5 Å². The molecule has 1 N–H and O–H groups in total. The average molecular weight is 287 g/mol. The Morgan fingerprint density at radius 1 is 1.10 bits per heavy atom. The molecule has 0 saturated carbocycles. The summed E-state index contributed by atoms with van der Waals surface area (Å²) in [5, 5.41) is 3.34. The summed E-state index contributed by atoms with van der Waals surface area (Å²) in [6, 6.07) is 9.74. The first-order valence-electron chi connectivity index (χ1n) is 6.72. The van der Waals surface area contributed by atoms with Gasteiger partial charge in [-0.1, -0.05) is 0 Å². The minimum Gasteiger partial charge on any atom is -0.497 e. The third-order valence-electron chi connectivity index (χ3n) is 3.18. The van der Waals surface area contributed by atoms with Crippen LogP contribution in [0.3, 0.4) is 0 Å². The summed E-state index contributed by atoms with van der Waals surface area (Å²) in [7, 11) is 7.26. The molecule has 21 heavy (non-hydrogen) atoms. The third kappa shape index (κ3) is 3.78. The molecule has 5 nitrogen and oxygen atoms in total. The lowest BCUT2D eigenvalue weighted by Crippen LogP contribution is -2.10. The monoisotopic (exact) mass is 287 g/mol. The van der Waals surface area contributed by atoms with E-state index in [0.29, 0.717) is 6.54 Å². The number of pyridine rings is 1. The van der Waals surface area contributed by atoms with Crippen LogP contribution in [0.5, 0.6) is 11.5 Å². The van der Waals surface area contributed by atoms with Crippen LogP contribution in [0, 0.1) is 0 Å². The molecule has 1 aromatic heterocycles. The van der Waals surface area contributed by atoms with Crippen molar-refractivity contribution in [3.63, 3.8) is 0 Å². The van der Waals surface area contributed by atoms with Crippen LogP contribution in [-0.2, 0) is 6.54 Å². The topological polar surface area (TPSA) is 46.6 Å². The standard InChI is InChI=1S/C16H21N3O2/c1-19(2)16-8-5-13(11-18-16)17-10-12-9-14(20-3)6-7-15(12)21-4/h5-9,11,17H,10H2,1-4H3. The van der Waals surface area contributed by atoms with E-state index in [0.717, 1.165) is 28.6 Å². The summed E-state index contributed by atoms with van der Waals surface area (Å²) < 4.78 is 10.6. The van der Waals surface area contributed by atoms with Gasteiger partial charge in [0.2, 0.25) is 0 Å². The number of anilines is 2. The smallest absolute Gasteiger partial charge is 0.128 e. The van der Waals surface area contributed by atoms with Gasteiger partial charge in [0, 0.05) is 26.2 Å². The van der Waals surface area contributed by atoms with Crippen molar-refractivity contribution < 1.29 is 9.47 Å². The van der Waals surface area contributed by atoms with Gasteiger partial charge >= 0.3 is 0 Å². The Balaban J connectivity index is 2.08. The molecular formula is C16H21N3O2. The maximum absolute atomic E-state index is 5.37. The molecule has 0 radical (unpaired) electrons. The molecule has 0 bridgehead atoms. The van der Waals surface area contributed by atoms with Crippen molar-refractivity contribution in [1.29, 1.82) is 0 Å². The molecule has 112 valence electrons. The van der Waals surface area contributed by atoms with E-state index in [4.69, 9.17) is 9.47 Å². The van der Waals surface area contributed by atoms with E-state index in [1.807, 2.05) is 55.5 Å². The molecule has 1 aromatic carbocycles. The second-order valence-electron chi connectivity index (χ2n) is 4.83. The summed E-state index contributed by atoms with van der Waals surface area (Å²) in [6.45, 7) is 0.642. The van der Waals surface area contributed by atoms with Gasteiger partial charge in [-0.2, -0.15) is 0 Å². The van der Waals surface area contributed by atoms with E-state index in [1.165, 1.54) is 0 Å². The van der Waals surface area contributed by atoms with Crippen LogP contribution in [0.1, 0.15) is 5.56 Å². The average Bonchev–Trinajstić information content (AvgIpc) is 2.52. The first-order valence-corrected chi connectivity index (χ1v) is 6.72. The summed E-state index contributed by atoms with van der Waals surface area (Å²) in [5.41, 5.74) is 2.00. The number of ether oxygens (including phenoxy) is 2. The first kappa shape index (κ1) is 15.0. The second-order valence-corrected chi connectivity index (χ2v) is 4.83. The molecule has 2 aromatic rings. The maximum atomic E-state index is 5.37. The molecule has 2 rings (SSSR count). The minimum absolute atomic E-state index is 0.642. The number of aromatic nitrogens is 1. The van der Waals surface area contributed by atoms with Crippen LogP contribution < -0.4 is 19.7 Å². The Morgan fingerprint density at radius 3 is 2.48 bits per heavy atom. The van der Waals surface area contributed by atoms with Crippen molar-refractivity contribution in [2.75, 3.05) is 38.5 Å². The number of hydrogen-bond donors (Lipinski definition) is 1. The molecular weight excluding hydrogens is 266 g/mol. The summed E-state index contributed by atoms with van der Waals surface area (Å²) in [6.07, 6.45) is 1.82. The third-order valence-corrected chi connectivity index (χ3v) is 3.18. The Bertz CT molecular complexity index is 583. The summed E-state index contributed by atoms with van der Waals surface area (Å²) >= 11 is 0. The van der Waals surface area contributed by atoms with Gasteiger partial charge < -0.3 is 19.7 Å². The highest BCUT2D eigenvalue weighted by Crippen LogP contribution is 2.25. The Labute approximate surface area is 125 Å². The molecule has 5 heteroatoms. The molecule has 1 heterocycles. The fourth-order valence-electron chi connectivity index (χ4n) is 1.97. The van der Waals surface area contributed by atoms with Crippen LogP contribution >= 0.6 is 0 Å². The lowest BCUT2D eigenvalue weighted by molar-refractivity contribution is 0.399. The maximum Gasteiger partial charge on any atom is 0.128 e. The molecule has 0 atom stereocenters. The van der Waals surface area contributed by atoms with Crippen molar-refractivity contribution in [2.24, 2.45) is 0 Å². The SMILES string of the molecule is COc1ccc(OC)c(CNc2ccc(N(C)C)nc2)c1. The van der Waals surface area contributed by atoms with Crippen molar-refractivity contribution in [3.8, 4) is 11.5 Å². The Hall–Kier alpha value is -2.43. The first-order chi connectivity index (χ1) is 10.1. The molecule has 0 aliphatic carbocycles.